The van der Waals surface area contributed by atoms with E-state index in [1.165, 1.54) is 0 Å². The molecule has 2 amide bonds. The molecule has 0 unspecified atom stereocenters. The van der Waals surface area contributed by atoms with Gasteiger partial charge in [-0.2, -0.15) is 0 Å². The third kappa shape index (κ3) is 3.83. The minimum Gasteiger partial charge on any atom is -0.378 e. The molecule has 4 rings (SSSR count). The molecule has 138 valence electrons. The van der Waals surface area contributed by atoms with Gasteiger partial charge in [0.2, 0.25) is 0 Å². The van der Waals surface area contributed by atoms with Crippen LogP contribution in [0.15, 0.2) is 48.7 Å². The van der Waals surface area contributed by atoms with Crippen molar-refractivity contribution in [2.75, 3.05) is 43.6 Å². The quantitative estimate of drug-likeness (QED) is 0.748. The number of fused-ring (bicyclic) bond motifs is 1. The van der Waals surface area contributed by atoms with E-state index in [4.69, 9.17) is 9.72 Å². The molecule has 2 N–H and O–H groups in total. The lowest BCUT2D eigenvalue weighted by molar-refractivity contribution is 0.122. The number of hydrogen-bond acceptors (Lipinski definition) is 5. The second kappa shape index (κ2) is 7.59. The van der Waals surface area contributed by atoms with Crippen LogP contribution >= 0.6 is 0 Å². The summed E-state index contributed by atoms with van der Waals surface area (Å²) in [6, 6.07) is 13.5. The van der Waals surface area contributed by atoms with Gasteiger partial charge in [0.25, 0.3) is 0 Å². The van der Waals surface area contributed by atoms with Gasteiger partial charge in [0, 0.05) is 25.8 Å². The average molecular weight is 363 g/mol. The molecular weight excluding hydrogens is 342 g/mol. The number of hydrogen-bond donors (Lipinski definition) is 2. The summed E-state index contributed by atoms with van der Waals surface area (Å²) >= 11 is 0. The molecule has 1 aliphatic heterocycles. The van der Waals surface area contributed by atoms with Gasteiger partial charge < -0.3 is 20.3 Å². The first-order valence-electron chi connectivity index (χ1n) is 8.91. The summed E-state index contributed by atoms with van der Waals surface area (Å²) in [4.78, 5) is 22.9. The molecule has 3 aromatic rings. The standard InChI is InChI=1S/C20H21N5O2/c1-21-20(26)23-16-5-2-14(3-6-16)15-4-7-17-18(12-15)24-19(13-22-17)25-8-10-27-11-9-25/h2-7,12-13H,8-11H2,1H3,(H2,21,23,26). The summed E-state index contributed by atoms with van der Waals surface area (Å²) in [5.74, 6) is 0.882. The van der Waals surface area contributed by atoms with Crippen molar-refractivity contribution in [3.8, 4) is 11.1 Å². The highest BCUT2D eigenvalue weighted by Gasteiger charge is 2.13. The summed E-state index contributed by atoms with van der Waals surface area (Å²) in [5.41, 5.74) is 4.59. The smallest absolute Gasteiger partial charge is 0.318 e. The van der Waals surface area contributed by atoms with Crippen LogP contribution in [0.3, 0.4) is 0 Å². The van der Waals surface area contributed by atoms with Gasteiger partial charge in [-0.3, -0.25) is 4.98 Å². The van der Waals surface area contributed by atoms with Crippen molar-refractivity contribution in [1.29, 1.82) is 0 Å². The molecule has 0 radical (unpaired) electrons. The summed E-state index contributed by atoms with van der Waals surface area (Å²) in [5, 5.41) is 5.29. The highest BCUT2D eigenvalue weighted by Crippen LogP contribution is 2.25. The number of carbonyl (C=O) groups is 1. The Hall–Kier alpha value is -3.19. The maximum atomic E-state index is 11.4. The molecule has 7 heteroatoms. The number of urea groups is 1. The maximum Gasteiger partial charge on any atom is 0.318 e. The van der Waals surface area contributed by atoms with Crippen molar-refractivity contribution in [1.82, 2.24) is 15.3 Å². The van der Waals surface area contributed by atoms with Gasteiger partial charge in [0.1, 0.15) is 5.82 Å². The van der Waals surface area contributed by atoms with Gasteiger partial charge in [-0.25, -0.2) is 9.78 Å². The van der Waals surface area contributed by atoms with Crippen LogP contribution in [-0.2, 0) is 4.74 Å². The van der Waals surface area contributed by atoms with E-state index in [1.54, 1.807) is 7.05 Å². The Kier molecular flexibility index (Phi) is 4.84. The van der Waals surface area contributed by atoms with Gasteiger partial charge in [-0.1, -0.05) is 18.2 Å². The Morgan fingerprint density at radius 2 is 1.78 bits per heavy atom. The molecule has 1 aromatic heterocycles. The largest absolute Gasteiger partial charge is 0.378 e. The van der Waals surface area contributed by atoms with Crippen LogP contribution in [0.4, 0.5) is 16.3 Å². The van der Waals surface area contributed by atoms with Crippen molar-refractivity contribution in [2.45, 2.75) is 0 Å². The SMILES string of the molecule is CNC(=O)Nc1ccc(-c2ccc3ncc(N4CCOCC4)nc3c2)cc1. The van der Waals surface area contributed by atoms with Crippen LogP contribution in [0, 0.1) is 0 Å². The van der Waals surface area contributed by atoms with Crippen molar-refractivity contribution in [2.24, 2.45) is 0 Å². The number of anilines is 2. The predicted octanol–water partition coefficient (Wildman–Crippen LogP) is 2.88. The van der Waals surface area contributed by atoms with Crippen molar-refractivity contribution in [3.63, 3.8) is 0 Å². The van der Waals surface area contributed by atoms with Crippen LogP contribution in [0.5, 0.6) is 0 Å². The van der Waals surface area contributed by atoms with Crippen LogP contribution < -0.4 is 15.5 Å². The number of amides is 2. The molecule has 0 aliphatic carbocycles. The Morgan fingerprint density at radius 3 is 2.52 bits per heavy atom. The van der Waals surface area contributed by atoms with E-state index >= 15 is 0 Å². The highest BCUT2D eigenvalue weighted by molar-refractivity contribution is 5.89. The minimum atomic E-state index is -0.237. The zero-order valence-corrected chi connectivity index (χ0v) is 15.1. The second-order valence-electron chi connectivity index (χ2n) is 6.31. The Morgan fingerprint density at radius 1 is 1.04 bits per heavy atom. The zero-order valence-electron chi connectivity index (χ0n) is 15.1. The molecule has 2 aromatic carbocycles. The molecular formula is C20H21N5O2. The number of nitrogens with zero attached hydrogens (tertiary/aromatic N) is 3. The van der Waals surface area contributed by atoms with Gasteiger partial charge in [0.15, 0.2) is 0 Å². The molecule has 0 saturated carbocycles. The summed E-state index contributed by atoms with van der Waals surface area (Å²) in [6.45, 7) is 3.10. The van der Waals surface area contributed by atoms with E-state index in [1.807, 2.05) is 48.7 Å². The highest BCUT2D eigenvalue weighted by atomic mass is 16.5. The second-order valence-corrected chi connectivity index (χ2v) is 6.31. The predicted molar refractivity (Wildman–Crippen MR) is 106 cm³/mol. The molecule has 0 atom stereocenters. The number of aromatic nitrogens is 2. The van der Waals surface area contributed by atoms with Crippen molar-refractivity contribution >= 4 is 28.6 Å². The maximum absolute atomic E-state index is 11.4. The van der Waals surface area contributed by atoms with E-state index in [2.05, 4.69) is 20.5 Å². The number of carbonyl (C=O) groups excluding carboxylic acids is 1. The van der Waals surface area contributed by atoms with E-state index < -0.39 is 0 Å². The molecule has 1 aliphatic rings. The topological polar surface area (TPSA) is 79.4 Å². The van der Waals surface area contributed by atoms with E-state index in [0.29, 0.717) is 0 Å². The first kappa shape index (κ1) is 17.2. The number of ether oxygens (including phenoxy) is 1. The zero-order chi connectivity index (χ0) is 18.6. The monoisotopic (exact) mass is 363 g/mol. The van der Waals surface area contributed by atoms with Gasteiger partial charge in [-0.15, -0.1) is 0 Å². The third-order valence-corrected chi connectivity index (χ3v) is 4.57. The normalized spacial score (nSPS) is 14.2. The first-order chi connectivity index (χ1) is 13.2. The van der Waals surface area contributed by atoms with E-state index in [0.717, 1.165) is 60.0 Å². The Labute approximate surface area is 157 Å². The van der Waals surface area contributed by atoms with Crippen LogP contribution in [-0.4, -0.2) is 49.4 Å². The number of rotatable bonds is 3. The number of morpholine rings is 1. The number of nitrogens with one attached hydrogen (secondary N) is 2. The summed E-state index contributed by atoms with van der Waals surface area (Å²) < 4.78 is 5.41. The fourth-order valence-electron chi connectivity index (χ4n) is 3.07. The van der Waals surface area contributed by atoms with Crippen molar-refractivity contribution < 1.29 is 9.53 Å². The lowest BCUT2D eigenvalue weighted by Crippen LogP contribution is -2.36. The van der Waals surface area contributed by atoms with Crippen LogP contribution in [0.2, 0.25) is 0 Å². The molecule has 2 heterocycles. The lowest BCUT2D eigenvalue weighted by atomic mass is 10.0. The fraction of sp³-hybridized carbons (Fsp3) is 0.250. The molecule has 7 nitrogen and oxygen atoms in total. The van der Waals surface area contributed by atoms with E-state index in [-0.39, 0.29) is 6.03 Å². The molecule has 0 bridgehead atoms. The molecule has 27 heavy (non-hydrogen) atoms. The van der Waals surface area contributed by atoms with Gasteiger partial charge >= 0.3 is 6.03 Å². The summed E-state index contributed by atoms with van der Waals surface area (Å²) in [6.07, 6.45) is 1.83. The third-order valence-electron chi connectivity index (χ3n) is 4.57. The van der Waals surface area contributed by atoms with E-state index in [9.17, 15) is 4.79 Å². The summed E-state index contributed by atoms with van der Waals surface area (Å²) in [7, 11) is 1.59. The minimum absolute atomic E-state index is 0.237. The number of benzene rings is 2. The first-order valence-corrected chi connectivity index (χ1v) is 8.91. The van der Waals surface area contributed by atoms with Crippen LogP contribution in [0.1, 0.15) is 0 Å². The fourth-order valence-corrected chi connectivity index (χ4v) is 3.07. The Balaban J connectivity index is 1.61. The molecule has 1 fully saturated rings. The Bertz CT molecular complexity index is 952. The average Bonchev–Trinajstić information content (AvgIpc) is 2.74. The lowest BCUT2D eigenvalue weighted by Gasteiger charge is -2.27. The molecule has 0 spiro atoms. The van der Waals surface area contributed by atoms with Gasteiger partial charge in [0.05, 0.1) is 30.4 Å². The van der Waals surface area contributed by atoms with Crippen LogP contribution in [0.25, 0.3) is 22.2 Å². The molecule has 1 saturated heterocycles. The van der Waals surface area contributed by atoms with Crippen molar-refractivity contribution in [3.05, 3.63) is 48.7 Å². The van der Waals surface area contributed by atoms with Gasteiger partial charge in [-0.05, 0) is 35.4 Å².